The van der Waals surface area contributed by atoms with Crippen molar-refractivity contribution in [3.8, 4) is 0 Å². The molecule has 0 spiro atoms. The molecule has 0 N–H and O–H groups in total. The highest BCUT2D eigenvalue weighted by Gasteiger charge is 2.31. The first-order valence-corrected chi connectivity index (χ1v) is 9.27. The van der Waals surface area contributed by atoms with Crippen LogP contribution >= 0.6 is 11.6 Å². The highest BCUT2D eigenvalue weighted by molar-refractivity contribution is 6.30. The first kappa shape index (κ1) is 16.9. The number of benzene rings is 3. The third kappa shape index (κ3) is 3.38. The van der Waals surface area contributed by atoms with Gasteiger partial charge in [-0.3, -0.25) is 4.79 Å². The molecule has 3 aromatic rings. The summed E-state index contributed by atoms with van der Waals surface area (Å²) in [5, 5.41) is 0.690. The fraction of sp³-hybridized carbons (Fsp3) is 0.174. The Kier molecular flexibility index (Phi) is 4.77. The van der Waals surface area contributed by atoms with Gasteiger partial charge in [-0.05, 0) is 40.8 Å². The monoisotopic (exact) mass is 361 g/mol. The number of carbonyl (C=O) groups is 1. The van der Waals surface area contributed by atoms with Gasteiger partial charge in [0.25, 0.3) is 0 Å². The Morgan fingerprint density at radius 3 is 2.38 bits per heavy atom. The molecule has 130 valence electrons. The Labute approximate surface area is 159 Å². The average Bonchev–Trinajstić information content (AvgIpc) is 2.69. The summed E-state index contributed by atoms with van der Waals surface area (Å²) >= 11 is 5.96. The van der Waals surface area contributed by atoms with E-state index in [1.54, 1.807) is 0 Å². The van der Waals surface area contributed by atoms with E-state index in [1.807, 2.05) is 47.4 Å². The van der Waals surface area contributed by atoms with Gasteiger partial charge in [-0.1, -0.05) is 78.3 Å². The van der Waals surface area contributed by atoms with Crippen molar-refractivity contribution in [3.63, 3.8) is 0 Å². The van der Waals surface area contributed by atoms with Crippen LogP contribution in [0.4, 0.5) is 0 Å². The van der Waals surface area contributed by atoms with Crippen molar-refractivity contribution in [2.45, 2.75) is 18.9 Å². The van der Waals surface area contributed by atoms with Gasteiger partial charge >= 0.3 is 0 Å². The minimum atomic E-state index is -0.0269. The lowest BCUT2D eigenvalue weighted by Crippen LogP contribution is -2.41. The molecule has 0 aromatic heterocycles. The average molecular weight is 362 g/mol. The van der Waals surface area contributed by atoms with Gasteiger partial charge in [-0.25, -0.2) is 0 Å². The maximum absolute atomic E-state index is 13.1. The Morgan fingerprint density at radius 2 is 1.62 bits per heavy atom. The Hall–Kier alpha value is -2.58. The molecular formula is C23H20ClNO. The van der Waals surface area contributed by atoms with Crippen molar-refractivity contribution in [3.05, 3.63) is 106 Å². The third-order valence-corrected chi connectivity index (χ3v) is 5.24. The molecule has 1 heterocycles. The van der Waals surface area contributed by atoms with Gasteiger partial charge in [0.2, 0.25) is 5.91 Å². The van der Waals surface area contributed by atoms with Crippen molar-refractivity contribution < 1.29 is 4.79 Å². The van der Waals surface area contributed by atoms with Crippen LogP contribution in [0, 0.1) is 0 Å². The number of nitrogens with zero attached hydrogens (tertiary/aromatic N) is 1. The molecule has 3 aromatic carbocycles. The predicted octanol–water partition coefficient (Wildman–Crippen LogP) is 5.06. The van der Waals surface area contributed by atoms with E-state index >= 15 is 0 Å². The van der Waals surface area contributed by atoms with Crippen molar-refractivity contribution in [2.75, 3.05) is 6.54 Å². The van der Waals surface area contributed by atoms with Crippen molar-refractivity contribution in [1.29, 1.82) is 0 Å². The van der Waals surface area contributed by atoms with E-state index in [-0.39, 0.29) is 11.9 Å². The molecule has 1 aliphatic rings. The molecule has 1 amide bonds. The van der Waals surface area contributed by atoms with Crippen LogP contribution in [0.15, 0.2) is 78.9 Å². The van der Waals surface area contributed by atoms with Gasteiger partial charge in [0, 0.05) is 11.6 Å². The second-order valence-electron chi connectivity index (χ2n) is 6.65. The number of halogens is 1. The lowest BCUT2D eigenvalue weighted by atomic mass is 9.88. The smallest absolute Gasteiger partial charge is 0.227 e. The number of carbonyl (C=O) groups excluding carboxylic acids is 1. The highest BCUT2D eigenvalue weighted by Crippen LogP contribution is 2.35. The molecule has 0 radical (unpaired) electrons. The van der Waals surface area contributed by atoms with Crippen LogP contribution in [0.25, 0.3) is 0 Å². The molecule has 2 nitrogen and oxygen atoms in total. The number of amides is 1. The summed E-state index contributed by atoms with van der Waals surface area (Å²) in [5.74, 6) is 0.149. The van der Waals surface area contributed by atoms with E-state index < -0.39 is 0 Å². The van der Waals surface area contributed by atoms with Crippen LogP contribution in [-0.2, 0) is 17.6 Å². The minimum absolute atomic E-state index is 0.0269. The summed E-state index contributed by atoms with van der Waals surface area (Å²) in [6, 6.07) is 26.3. The van der Waals surface area contributed by atoms with E-state index in [2.05, 4.69) is 36.4 Å². The summed E-state index contributed by atoms with van der Waals surface area (Å²) in [5.41, 5.74) is 4.71. The molecule has 0 aliphatic carbocycles. The number of hydrogen-bond donors (Lipinski definition) is 0. The number of hydrogen-bond acceptors (Lipinski definition) is 1. The van der Waals surface area contributed by atoms with Gasteiger partial charge in [0.1, 0.15) is 0 Å². The molecule has 0 saturated carbocycles. The molecule has 1 unspecified atom stereocenters. The van der Waals surface area contributed by atoms with E-state index in [9.17, 15) is 4.79 Å². The Bertz CT molecular complexity index is 905. The summed E-state index contributed by atoms with van der Waals surface area (Å²) in [6.07, 6.45) is 1.29. The fourth-order valence-corrected chi connectivity index (χ4v) is 3.83. The quantitative estimate of drug-likeness (QED) is 0.638. The van der Waals surface area contributed by atoms with E-state index in [4.69, 9.17) is 11.6 Å². The lowest BCUT2D eigenvalue weighted by Gasteiger charge is -2.38. The summed E-state index contributed by atoms with van der Waals surface area (Å²) in [7, 11) is 0. The van der Waals surface area contributed by atoms with Gasteiger partial charge < -0.3 is 4.90 Å². The molecule has 3 heteroatoms. The Balaban J connectivity index is 1.68. The van der Waals surface area contributed by atoms with E-state index in [1.165, 1.54) is 11.1 Å². The van der Waals surface area contributed by atoms with Crippen molar-refractivity contribution in [2.24, 2.45) is 0 Å². The molecule has 4 rings (SSSR count). The van der Waals surface area contributed by atoms with Gasteiger partial charge in [0.15, 0.2) is 0 Å². The zero-order chi connectivity index (χ0) is 17.9. The number of rotatable bonds is 3. The summed E-state index contributed by atoms with van der Waals surface area (Å²) in [4.78, 5) is 15.2. The molecule has 26 heavy (non-hydrogen) atoms. The van der Waals surface area contributed by atoms with Crippen molar-refractivity contribution >= 4 is 17.5 Å². The van der Waals surface area contributed by atoms with E-state index in [0.717, 1.165) is 24.1 Å². The number of fused-ring (bicyclic) bond motifs is 1. The van der Waals surface area contributed by atoms with Gasteiger partial charge in [-0.15, -0.1) is 0 Å². The van der Waals surface area contributed by atoms with Crippen LogP contribution in [0.1, 0.15) is 28.3 Å². The molecular weight excluding hydrogens is 342 g/mol. The van der Waals surface area contributed by atoms with Crippen LogP contribution in [-0.4, -0.2) is 17.4 Å². The van der Waals surface area contributed by atoms with E-state index in [0.29, 0.717) is 11.4 Å². The second kappa shape index (κ2) is 7.35. The maximum atomic E-state index is 13.1. The Morgan fingerprint density at radius 1 is 0.923 bits per heavy atom. The van der Waals surface area contributed by atoms with Gasteiger partial charge in [0.05, 0.1) is 12.5 Å². The minimum Gasteiger partial charge on any atom is -0.331 e. The van der Waals surface area contributed by atoms with Crippen LogP contribution in [0.3, 0.4) is 0 Å². The molecule has 0 bridgehead atoms. The first-order chi connectivity index (χ1) is 12.7. The van der Waals surface area contributed by atoms with Crippen molar-refractivity contribution in [1.82, 2.24) is 4.90 Å². The lowest BCUT2D eigenvalue weighted by molar-refractivity contribution is -0.132. The normalized spacial score (nSPS) is 16.2. The molecule has 1 atom stereocenters. The van der Waals surface area contributed by atoms with Crippen LogP contribution < -0.4 is 0 Å². The standard InChI is InChI=1S/C23H20ClNO/c24-20-12-10-17(11-13-20)16-22(26)25-15-14-18-6-4-5-9-21(18)23(25)19-7-2-1-3-8-19/h1-13,23H,14-16H2. The van der Waals surface area contributed by atoms with Crippen LogP contribution in [0.2, 0.25) is 5.02 Å². The third-order valence-electron chi connectivity index (χ3n) is 4.99. The zero-order valence-corrected chi connectivity index (χ0v) is 15.2. The zero-order valence-electron chi connectivity index (χ0n) is 14.4. The predicted molar refractivity (Wildman–Crippen MR) is 105 cm³/mol. The summed E-state index contributed by atoms with van der Waals surface area (Å²) in [6.45, 7) is 0.739. The fourth-order valence-electron chi connectivity index (χ4n) is 3.71. The second-order valence-corrected chi connectivity index (χ2v) is 7.09. The highest BCUT2D eigenvalue weighted by atomic mass is 35.5. The largest absolute Gasteiger partial charge is 0.331 e. The summed E-state index contributed by atoms with van der Waals surface area (Å²) < 4.78 is 0. The molecule has 1 aliphatic heterocycles. The molecule has 0 saturated heterocycles. The molecule has 0 fully saturated rings. The topological polar surface area (TPSA) is 20.3 Å². The maximum Gasteiger partial charge on any atom is 0.227 e. The van der Waals surface area contributed by atoms with Crippen LogP contribution in [0.5, 0.6) is 0 Å². The van der Waals surface area contributed by atoms with Gasteiger partial charge in [-0.2, -0.15) is 0 Å². The SMILES string of the molecule is O=C(Cc1ccc(Cl)cc1)N1CCc2ccccc2C1c1ccccc1. The first-order valence-electron chi connectivity index (χ1n) is 8.89.